The van der Waals surface area contributed by atoms with Crippen molar-refractivity contribution in [2.45, 2.75) is 38.2 Å². The molecule has 0 aliphatic carbocycles. The summed E-state index contributed by atoms with van der Waals surface area (Å²) < 4.78 is 16.8. The lowest BCUT2D eigenvalue weighted by Gasteiger charge is -2.33. The van der Waals surface area contributed by atoms with Gasteiger partial charge in [-0.05, 0) is 57.7 Å². The first kappa shape index (κ1) is 17.6. The maximum Gasteiger partial charge on any atom is 0.0809 e. The number of piperidine rings is 1. The minimum absolute atomic E-state index is 0.362. The lowest BCUT2D eigenvalue weighted by atomic mass is 9.93. The maximum absolute atomic E-state index is 5.79. The van der Waals surface area contributed by atoms with Gasteiger partial charge >= 0.3 is 0 Å². The molecule has 0 amide bonds. The van der Waals surface area contributed by atoms with E-state index in [0.29, 0.717) is 6.10 Å². The van der Waals surface area contributed by atoms with E-state index in [1.165, 1.54) is 51.7 Å². The van der Waals surface area contributed by atoms with Gasteiger partial charge in [-0.1, -0.05) is 0 Å². The third-order valence-corrected chi connectivity index (χ3v) is 5.54. The first-order valence-electron chi connectivity index (χ1n) is 9.62. The van der Waals surface area contributed by atoms with Gasteiger partial charge in [0.2, 0.25) is 0 Å². The second-order valence-corrected chi connectivity index (χ2v) is 7.24. The van der Waals surface area contributed by atoms with Gasteiger partial charge < -0.3 is 19.1 Å². The van der Waals surface area contributed by atoms with Gasteiger partial charge in [-0.25, -0.2) is 0 Å². The average molecular weight is 326 g/mol. The van der Waals surface area contributed by atoms with Gasteiger partial charge in [0.05, 0.1) is 32.5 Å². The molecule has 0 N–H and O–H groups in total. The smallest absolute Gasteiger partial charge is 0.0809 e. The molecule has 3 fully saturated rings. The number of nitrogens with zero attached hydrogens (tertiary/aromatic N) is 2. The first-order chi connectivity index (χ1) is 11.4. The van der Waals surface area contributed by atoms with E-state index in [9.17, 15) is 0 Å². The zero-order chi connectivity index (χ0) is 15.7. The molecule has 0 aromatic heterocycles. The normalized spacial score (nSPS) is 28.4. The summed E-state index contributed by atoms with van der Waals surface area (Å²) in [5.74, 6) is 0.918. The summed E-state index contributed by atoms with van der Waals surface area (Å²) in [5.41, 5.74) is 0. The summed E-state index contributed by atoms with van der Waals surface area (Å²) in [6.07, 6.45) is 6.82. The van der Waals surface area contributed by atoms with Crippen LogP contribution in [0.5, 0.6) is 0 Å². The molecule has 3 aliphatic rings. The molecule has 3 heterocycles. The third kappa shape index (κ3) is 6.31. The first-order valence-corrected chi connectivity index (χ1v) is 9.62. The van der Waals surface area contributed by atoms with Crippen LogP contribution in [-0.2, 0) is 14.2 Å². The van der Waals surface area contributed by atoms with Crippen LogP contribution < -0.4 is 0 Å². The molecule has 0 aromatic rings. The van der Waals surface area contributed by atoms with E-state index in [0.717, 1.165) is 58.6 Å². The van der Waals surface area contributed by atoms with E-state index in [4.69, 9.17) is 14.2 Å². The summed E-state index contributed by atoms with van der Waals surface area (Å²) in [4.78, 5) is 5.13. The highest BCUT2D eigenvalue weighted by atomic mass is 16.5. The van der Waals surface area contributed by atoms with Crippen LogP contribution in [0.15, 0.2) is 0 Å². The van der Waals surface area contributed by atoms with Crippen molar-refractivity contribution in [3.05, 3.63) is 0 Å². The van der Waals surface area contributed by atoms with E-state index < -0.39 is 0 Å². The fourth-order valence-corrected chi connectivity index (χ4v) is 3.87. The summed E-state index contributed by atoms with van der Waals surface area (Å²) in [7, 11) is 0. The highest BCUT2D eigenvalue weighted by Crippen LogP contribution is 2.21. The zero-order valence-electron chi connectivity index (χ0n) is 14.6. The molecule has 23 heavy (non-hydrogen) atoms. The fraction of sp³-hybridized carbons (Fsp3) is 1.00. The summed E-state index contributed by atoms with van der Waals surface area (Å²) >= 11 is 0. The number of rotatable bonds is 8. The number of ether oxygens (including phenoxy) is 3. The number of morpholine rings is 1. The largest absolute Gasteiger partial charge is 0.379 e. The van der Waals surface area contributed by atoms with Crippen LogP contribution in [0.4, 0.5) is 0 Å². The molecular weight excluding hydrogens is 292 g/mol. The maximum atomic E-state index is 5.79. The highest BCUT2D eigenvalue weighted by Gasteiger charge is 2.21. The Hall–Kier alpha value is -0.200. The van der Waals surface area contributed by atoms with E-state index in [-0.39, 0.29) is 0 Å². The van der Waals surface area contributed by atoms with Crippen LogP contribution in [-0.4, -0.2) is 88.2 Å². The van der Waals surface area contributed by atoms with Crippen LogP contribution in [0, 0.1) is 5.92 Å². The Bertz CT molecular complexity index is 309. The summed E-state index contributed by atoms with van der Waals surface area (Å²) in [6.45, 7) is 11.5. The van der Waals surface area contributed by atoms with Crippen molar-refractivity contribution in [3.63, 3.8) is 0 Å². The Labute approximate surface area is 141 Å². The molecule has 0 unspecified atom stereocenters. The van der Waals surface area contributed by atoms with Crippen molar-refractivity contribution < 1.29 is 14.2 Å². The minimum Gasteiger partial charge on any atom is -0.379 e. The van der Waals surface area contributed by atoms with Crippen LogP contribution in [0.3, 0.4) is 0 Å². The van der Waals surface area contributed by atoms with Crippen LogP contribution in [0.25, 0.3) is 0 Å². The Kier molecular flexibility index (Phi) is 7.62. The third-order valence-electron chi connectivity index (χ3n) is 5.54. The second-order valence-electron chi connectivity index (χ2n) is 7.24. The van der Waals surface area contributed by atoms with E-state index in [2.05, 4.69) is 9.80 Å². The molecule has 0 radical (unpaired) electrons. The molecule has 5 nitrogen and oxygen atoms in total. The van der Waals surface area contributed by atoms with Crippen molar-refractivity contribution in [1.82, 2.24) is 9.80 Å². The van der Waals surface area contributed by atoms with Gasteiger partial charge in [-0.3, -0.25) is 4.90 Å². The van der Waals surface area contributed by atoms with Crippen LogP contribution in [0.2, 0.25) is 0 Å². The molecule has 0 bridgehead atoms. The molecular formula is C18H34N2O3. The monoisotopic (exact) mass is 326 g/mol. The molecule has 134 valence electrons. The standard InChI is InChI=1S/C18H34N2O3/c1-2-18(23-12-1)16-22-15-11-19-6-3-17(4-7-19)5-8-20-9-13-21-14-10-20/h17-18H,1-16H2/t18-/m0/s1. The SMILES string of the molecule is C1CO[C@H](COCCN2CCC(CCN3CCOCC3)CC2)C1. The second kappa shape index (κ2) is 9.94. The number of hydrogen-bond donors (Lipinski definition) is 0. The predicted molar refractivity (Wildman–Crippen MR) is 90.8 cm³/mol. The molecule has 0 spiro atoms. The molecule has 0 aromatic carbocycles. The van der Waals surface area contributed by atoms with Crippen molar-refractivity contribution >= 4 is 0 Å². The fourth-order valence-electron chi connectivity index (χ4n) is 3.87. The van der Waals surface area contributed by atoms with Gasteiger partial charge in [-0.15, -0.1) is 0 Å². The van der Waals surface area contributed by atoms with Gasteiger partial charge in [0.25, 0.3) is 0 Å². The lowest BCUT2D eigenvalue weighted by Crippen LogP contribution is -2.39. The Balaban J connectivity index is 1.19. The van der Waals surface area contributed by atoms with E-state index in [1.807, 2.05) is 0 Å². The lowest BCUT2D eigenvalue weighted by molar-refractivity contribution is 0.00716. The van der Waals surface area contributed by atoms with Crippen molar-refractivity contribution in [1.29, 1.82) is 0 Å². The number of likely N-dealkylation sites (tertiary alicyclic amines) is 1. The Morgan fingerprint density at radius 2 is 1.65 bits per heavy atom. The molecule has 3 saturated heterocycles. The van der Waals surface area contributed by atoms with Gasteiger partial charge in [0, 0.05) is 26.2 Å². The summed E-state index contributed by atoms with van der Waals surface area (Å²) in [5, 5.41) is 0. The van der Waals surface area contributed by atoms with Crippen molar-refractivity contribution in [2.24, 2.45) is 5.92 Å². The topological polar surface area (TPSA) is 34.2 Å². The molecule has 3 rings (SSSR count). The predicted octanol–water partition coefficient (Wildman–Crippen LogP) is 1.62. The van der Waals surface area contributed by atoms with Crippen LogP contribution >= 0.6 is 0 Å². The van der Waals surface area contributed by atoms with Crippen molar-refractivity contribution in [3.8, 4) is 0 Å². The Morgan fingerprint density at radius 1 is 0.870 bits per heavy atom. The molecule has 0 saturated carbocycles. The van der Waals surface area contributed by atoms with Gasteiger partial charge in [0.1, 0.15) is 0 Å². The van der Waals surface area contributed by atoms with Gasteiger partial charge in [0.15, 0.2) is 0 Å². The summed E-state index contributed by atoms with van der Waals surface area (Å²) in [6, 6.07) is 0. The van der Waals surface area contributed by atoms with E-state index >= 15 is 0 Å². The van der Waals surface area contributed by atoms with E-state index in [1.54, 1.807) is 0 Å². The van der Waals surface area contributed by atoms with Crippen LogP contribution in [0.1, 0.15) is 32.1 Å². The van der Waals surface area contributed by atoms with Gasteiger partial charge in [-0.2, -0.15) is 0 Å². The quantitative estimate of drug-likeness (QED) is 0.633. The number of hydrogen-bond acceptors (Lipinski definition) is 5. The Morgan fingerprint density at radius 3 is 2.39 bits per heavy atom. The average Bonchev–Trinajstić information content (AvgIpc) is 3.12. The minimum atomic E-state index is 0.362. The zero-order valence-corrected chi connectivity index (χ0v) is 14.6. The highest BCUT2D eigenvalue weighted by molar-refractivity contribution is 4.74. The molecule has 3 aliphatic heterocycles. The molecule has 5 heteroatoms. The molecule has 1 atom stereocenters. The van der Waals surface area contributed by atoms with Crippen molar-refractivity contribution in [2.75, 3.05) is 72.3 Å².